The van der Waals surface area contributed by atoms with E-state index in [0.29, 0.717) is 33.8 Å². The Morgan fingerprint density at radius 3 is 2.36 bits per heavy atom. The van der Waals surface area contributed by atoms with E-state index in [4.69, 9.17) is 34.8 Å². The normalized spacial score (nSPS) is 14.8. The molecule has 0 aliphatic heterocycles. The summed E-state index contributed by atoms with van der Waals surface area (Å²) in [6.45, 7) is 2.30. The zero-order chi connectivity index (χ0) is 23.8. The second kappa shape index (κ2) is 12.9. The lowest BCUT2D eigenvalue weighted by Crippen LogP contribution is -2.51. The molecule has 4 nitrogen and oxygen atoms in total. The van der Waals surface area contributed by atoms with Crippen LogP contribution < -0.4 is 5.32 Å². The SMILES string of the molecule is CCC(C(=O)NC1CCCC1)N(Cc1ccc(Cl)cc1)C(=O)CSCc1ccc(Cl)cc1Cl. The minimum Gasteiger partial charge on any atom is -0.352 e. The third-order valence-corrected chi connectivity index (χ3v) is 7.66. The van der Waals surface area contributed by atoms with E-state index in [-0.39, 0.29) is 23.6 Å². The number of halogens is 3. The van der Waals surface area contributed by atoms with E-state index >= 15 is 0 Å². The number of hydrogen-bond acceptors (Lipinski definition) is 3. The third kappa shape index (κ3) is 7.81. The number of thioether (sulfide) groups is 1. The van der Waals surface area contributed by atoms with Crippen LogP contribution in [0.4, 0.5) is 0 Å². The largest absolute Gasteiger partial charge is 0.352 e. The fourth-order valence-corrected chi connectivity index (χ4v) is 5.64. The molecule has 1 fully saturated rings. The predicted octanol–water partition coefficient (Wildman–Crippen LogP) is 6.75. The van der Waals surface area contributed by atoms with Crippen LogP contribution in [0.5, 0.6) is 0 Å². The number of benzene rings is 2. The van der Waals surface area contributed by atoms with Crippen molar-refractivity contribution in [2.24, 2.45) is 0 Å². The van der Waals surface area contributed by atoms with Crippen LogP contribution in [0, 0.1) is 0 Å². The summed E-state index contributed by atoms with van der Waals surface area (Å²) in [6, 6.07) is 12.4. The van der Waals surface area contributed by atoms with Crippen molar-refractivity contribution in [2.75, 3.05) is 5.75 Å². The van der Waals surface area contributed by atoms with Crippen LogP contribution in [-0.4, -0.2) is 34.6 Å². The number of hydrogen-bond donors (Lipinski definition) is 1. The Morgan fingerprint density at radius 2 is 1.73 bits per heavy atom. The van der Waals surface area contributed by atoms with Crippen LogP contribution in [0.25, 0.3) is 0 Å². The second-order valence-electron chi connectivity index (χ2n) is 8.29. The van der Waals surface area contributed by atoms with Crippen LogP contribution in [0.15, 0.2) is 42.5 Å². The van der Waals surface area contributed by atoms with Gasteiger partial charge in [-0.2, -0.15) is 0 Å². The lowest BCUT2D eigenvalue weighted by atomic mass is 10.1. The van der Waals surface area contributed by atoms with Gasteiger partial charge in [0.15, 0.2) is 0 Å². The van der Waals surface area contributed by atoms with Gasteiger partial charge in [0.1, 0.15) is 6.04 Å². The third-order valence-electron chi connectivity index (χ3n) is 5.85. The van der Waals surface area contributed by atoms with Crippen molar-refractivity contribution in [1.29, 1.82) is 0 Å². The quantitative estimate of drug-likeness (QED) is 0.372. The van der Waals surface area contributed by atoms with Crippen LogP contribution >= 0.6 is 46.6 Å². The molecule has 1 N–H and O–H groups in total. The summed E-state index contributed by atoms with van der Waals surface area (Å²) < 4.78 is 0. The molecule has 0 radical (unpaired) electrons. The summed E-state index contributed by atoms with van der Waals surface area (Å²) in [4.78, 5) is 28.2. The van der Waals surface area contributed by atoms with Crippen molar-refractivity contribution >= 4 is 58.4 Å². The number of nitrogens with one attached hydrogen (secondary N) is 1. The summed E-state index contributed by atoms with van der Waals surface area (Å²) in [6.07, 6.45) is 4.83. The monoisotopic (exact) mass is 526 g/mol. The van der Waals surface area contributed by atoms with E-state index in [9.17, 15) is 9.59 Å². The Bertz CT molecular complexity index is 949. The maximum absolute atomic E-state index is 13.3. The highest BCUT2D eigenvalue weighted by molar-refractivity contribution is 7.99. The van der Waals surface area contributed by atoms with Gasteiger partial charge < -0.3 is 10.2 Å². The molecule has 0 bridgehead atoms. The maximum atomic E-state index is 13.3. The number of amides is 2. The van der Waals surface area contributed by atoms with E-state index < -0.39 is 6.04 Å². The highest BCUT2D eigenvalue weighted by Gasteiger charge is 2.30. The zero-order valence-corrected chi connectivity index (χ0v) is 21.7. The first kappa shape index (κ1) is 26.2. The standard InChI is InChI=1S/C25H29Cl3N2O2S/c1-2-23(25(32)29-21-5-3-4-6-21)30(14-17-7-10-19(26)11-8-17)24(31)16-33-15-18-9-12-20(27)13-22(18)28/h7-13,21,23H,2-6,14-16H2,1H3,(H,29,32). The molecule has 0 aromatic heterocycles. The Morgan fingerprint density at radius 1 is 1.06 bits per heavy atom. The summed E-state index contributed by atoms with van der Waals surface area (Å²) in [5, 5.41) is 4.97. The fourth-order valence-electron chi connectivity index (χ4n) is 4.04. The van der Waals surface area contributed by atoms with Crippen molar-refractivity contribution < 1.29 is 9.59 Å². The number of rotatable bonds is 10. The van der Waals surface area contributed by atoms with Gasteiger partial charge in [0.2, 0.25) is 11.8 Å². The molecule has 1 aliphatic rings. The van der Waals surface area contributed by atoms with E-state index in [1.165, 1.54) is 11.8 Å². The van der Waals surface area contributed by atoms with Crippen molar-refractivity contribution in [2.45, 2.75) is 63.4 Å². The van der Waals surface area contributed by atoms with Crippen LogP contribution in [0.2, 0.25) is 15.1 Å². The molecule has 0 saturated heterocycles. The average molecular weight is 528 g/mol. The number of carbonyl (C=O) groups is 2. The zero-order valence-electron chi connectivity index (χ0n) is 18.7. The van der Waals surface area contributed by atoms with Crippen molar-refractivity contribution in [3.8, 4) is 0 Å². The Labute approximate surface area is 215 Å². The Kier molecular flexibility index (Phi) is 10.2. The Hall–Kier alpha value is -1.40. The number of carbonyl (C=O) groups excluding carboxylic acids is 2. The van der Waals surface area contributed by atoms with Gasteiger partial charge in [-0.05, 0) is 54.7 Å². The molecule has 0 heterocycles. The van der Waals surface area contributed by atoms with E-state index in [0.717, 1.165) is 36.8 Å². The smallest absolute Gasteiger partial charge is 0.243 e. The van der Waals surface area contributed by atoms with Crippen molar-refractivity contribution in [1.82, 2.24) is 10.2 Å². The minimum atomic E-state index is -0.520. The molecule has 1 saturated carbocycles. The lowest BCUT2D eigenvalue weighted by molar-refractivity contribution is -0.139. The van der Waals surface area contributed by atoms with Crippen LogP contribution in [0.1, 0.15) is 50.2 Å². The van der Waals surface area contributed by atoms with E-state index in [2.05, 4.69) is 5.32 Å². The predicted molar refractivity (Wildman–Crippen MR) is 139 cm³/mol. The maximum Gasteiger partial charge on any atom is 0.243 e. The van der Waals surface area contributed by atoms with Crippen LogP contribution in [0.3, 0.4) is 0 Å². The minimum absolute atomic E-state index is 0.0718. The molecule has 33 heavy (non-hydrogen) atoms. The van der Waals surface area contributed by atoms with Gasteiger partial charge in [0.05, 0.1) is 5.75 Å². The second-order valence-corrected chi connectivity index (χ2v) is 10.6. The van der Waals surface area contributed by atoms with Gasteiger partial charge >= 0.3 is 0 Å². The summed E-state index contributed by atoms with van der Waals surface area (Å²) >= 11 is 19.7. The first-order valence-electron chi connectivity index (χ1n) is 11.2. The molecule has 3 rings (SSSR count). The van der Waals surface area contributed by atoms with Gasteiger partial charge in [-0.15, -0.1) is 11.8 Å². The molecule has 1 aliphatic carbocycles. The topological polar surface area (TPSA) is 49.4 Å². The highest BCUT2D eigenvalue weighted by atomic mass is 35.5. The summed E-state index contributed by atoms with van der Waals surface area (Å²) in [5.41, 5.74) is 1.86. The molecular formula is C25H29Cl3N2O2S. The van der Waals surface area contributed by atoms with Gasteiger partial charge in [0, 0.05) is 33.4 Å². The molecule has 2 amide bonds. The van der Waals surface area contributed by atoms with Gasteiger partial charge in [-0.1, -0.05) is 72.8 Å². The van der Waals surface area contributed by atoms with Crippen molar-refractivity contribution in [3.05, 3.63) is 68.7 Å². The molecule has 2 aromatic carbocycles. The molecule has 2 aromatic rings. The molecule has 1 atom stereocenters. The van der Waals surface area contributed by atoms with Crippen molar-refractivity contribution in [3.63, 3.8) is 0 Å². The van der Waals surface area contributed by atoms with Crippen LogP contribution in [-0.2, 0) is 21.9 Å². The summed E-state index contributed by atoms with van der Waals surface area (Å²) in [5.74, 6) is 0.687. The Balaban J connectivity index is 1.70. The fraction of sp³-hybridized carbons (Fsp3) is 0.440. The van der Waals surface area contributed by atoms with Gasteiger partial charge in [-0.3, -0.25) is 9.59 Å². The average Bonchev–Trinajstić information content (AvgIpc) is 3.29. The molecular weight excluding hydrogens is 499 g/mol. The summed E-state index contributed by atoms with van der Waals surface area (Å²) in [7, 11) is 0. The molecule has 178 valence electrons. The van der Waals surface area contributed by atoms with E-state index in [1.807, 2.05) is 25.1 Å². The highest BCUT2D eigenvalue weighted by Crippen LogP contribution is 2.26. The molecule has 0 spiro atoms. The first-order valence-corrected chi connectivity index (χ1v) is 13.5. The first-order chi connectivity index (χ1) is 15.9. The lowest BCUT2D eigenvalue weighted by Gasteiger charge is -2.31. The van der Waals surface area contributed by atoms with Gasteiger partial charge in [0.25, 0.3) is 0 Å². The molecule has 8 heteroatoms. The number of nitrogens with zero attached hydrogens (tertiary/aromatic N) is 1. The van der Waals surface area contributed by atoms with E-state index in [1.54, 1.807) is 29.2 Å². The molecule has 1 unspecified atom stereocenters. The van der Waals surface area contributed by atoms with Gasteiger partial charge in [-0.25, -0.2) is 0 Å².